The Morgan fingerprint density at radius 2 is 1.81 bits per heavy atom. The Bertz CT molecular complexity index is 896. The number of aryl methyl sites for hydroxylation is 1. The van der Waals surface area contributed by atoms with Crippen LogP contribution in [0.15, 0.2) is 65.7 Å². The molecule has 3 aromatic rings. The molecule has 2 aromatic carbocycles. The fraction of sp³-hybridized carbons (Fsp3) is 0.190. The number of amides is 1. The molecule has 138 valence electrons. The molecule has 0 unspecified atom stereocenters. The number of aromatic nitrogens is 2. The molecule has 0 saturated carbocycles. The number of rotatable bonds is 7. The molecular formula is C21H21N3O2S. The molecule has 27 heavy (non-hydrogen) atoms. The van der Waals surface area contributed by atoms with Crippen LogP contribution in [-0.2, 0) is 11.3 Å². The number of methoxy groups -OCH3 is 1. The maximum atomic E-state index is 12.0. The number of thioether (sulfide) groups is 1. The van der Waals surface area contributed by atoms with Gasteiger partial charge in [-0.2, -0.15) is 0 Å². The van der Waals surface area contributed by atoms with Crippen molar-refractivity contribution < 1.29 is 9.53 Å². The lowest BCUT2D eigenvalue weighted by Crippen LogP contribution is -2.24. The Kier molecular flexibility index (Phi) is 6.44. The molecule has 1 aromatic heterocycles. The summed E-state index contributed by atoms with van der Waals surface area (Å²) in [5.74, 6) is 1.02. The number of hydrogen-bond acceptors (Lipinski definition) is 5. The van der Waals surface area contributed by atoms with E-state index in [2.05, 4.69) is 15.5 Å². The molecule has 1 N–H and O–H groups in total. The van der Waals surface area contributed by atoms with Gasteiger partial charge in [0.2, 0.25) is 5.91 Å². The second kappa shape index (κ2) is 9.19. The normalized spacial score (nSPS) is 10.4. The number of carbonyl (C=O) groups is 1. The quantitative estimate of drug-likeness (QED) is 0.632. The molecule has 1 amide bonds. The molecule has 0 fully saturated rings. The molecule has 1 heterocycles. The number of nitrogens with one attached hydrogen (secondary N) is 1. The fourth-order valence-corrected chi connectivity index (χ4v) is 3.14. The Morgan fingerprint density at radius 1 is 1.04 bits per heavy atom. The molecule has 0 bridgehead atoms. The Morgan fingerprint density at radius 3 is 2.52 bits per heavy atom. The van der Waals surface area contributed by atoms with Gasteiger partial charge in [-0.25, -0.2) is 0 Å². The van der Waals surface area contributed by atoms with Crippen molar-refractivity contribution in [2.75, 3.05) is 12.9 Å². The molecule has 6 heteroatoms. The number of hydrogen-bond donors (Lipinski definition) is 1. The Labute approximate surface area is 163 Å². The van der Waals surface area contributed by atoms with Gasteiger partial charge in [-0.15, -0.1) is 10.2 Å². The molecule has 0 aliphatic carbocycles. The third kappa shape index (κ3) is 5.31. The van der Waals surface area contributed by atoms with Crippen LogP contribution >= 0.6 is 11.8 Å². The van der Waals surface area contributed by atoms with Crippen LogP contribution in [0, 0.1) is 6.92 Å². The van der Waals surface area contributed by atoms with E-state index in [0.717, 1.165) is 22.6 Å². The summed E-state index contributed by atoms with van der Waals surface area (Å²) in [7, 11) is 1.63. The summed E-state index contributed by atoms with van der Waals surface area (Å²) < 4.78 is 5.35. The van der Waals surface area contributed by atoms with Gasteiger partial charge in [0.1, 0.15) is 10.8 Å². The van der Waals surface area contributed by atoms with Gasteiger partial charge in [-0.1, -0.05) is 53.7 Å². The van der Waals surface area contributed by atoms with E-state index in [0.29, 0.717) is 17.3 Å². The van der Waals surface area contributed by atoms with Crippen molar-refractivity contribution in [3.63, 3.8) is 0 Å². The third-order valence-electron chi connectivity index (χ3n) is 3.98. The van der Waals surface area contributed by atoms with E-state index in [1.807, 2.05) is 67.6 Å². The second-order valence-corrected chi connectivity index (χ2v) is 7.00. The molecule has 0 aliphatic rings. The molecule has 5 nitrogen and oxygen atoms in total. The van der Waals surface area contributed by atoms with Crippen LogP contribution in [0.1, 0.15) is 11.1 Å². The summed E-state index contributed by atoms with van der Waals surface area (Å²) in [6.45, 7) is 2.57. The van der Waals surface area contributed by atoms with Crippen molar-refractivity contribution in [1.29, 1.82) is 0 Å². The van der Waals surface area contributed by atoms with Crippen LogP contribution < -0.4 is 10.1 Å². The minimum Gasteiger partial charge on any atom is -0.496 e. The largest absolute Gasteiger partial charge is 0.496 e. The van der Waals surface area contributed by atoms with Crippen molar-refractivity contribution in [3.8, 4) is 17.0 Å². The number of nitrogens with zero attached hydrogens (tertiary/aromatic N) is 2. The van der Waals surface area contributed by atoms with Crippen molar-refractivity contribution in [2.45, 2.75) is 18.5 Å². The number of para-hydroxylation sites is 1. The monoisotopic (exact) mass is 379 g/mol. The molecule has 0 atom stereocenters. The SMILES string of the molecule is COc1ccccc1-c1ccc(SCC(=O)NCc2ccc(C)cc2)nn1. The summed E-state index contributed by atoms with van der Waals surface area (Å²) in [6, 6.07) is 19.5. The van der Waals surface area contributed by atoms with Crippen LogP contribution in [-0.4, -0.2) is 29.0 Å². The summed E-state index contributed by atoms with van der Waals surface area (Å²) in [6.07, 6.45) is 0. The number of ether oxygens (including phenoxy) is 1. The minimum absolute atomic E-state index is 0.0313. The van der Waals surface area contributed by atoms with Gasteiger partial charge >= 0.3 is 0 Å². The topological polar surface area (TPSA) is 64.1 Å². The Balaban J connectivity index is 1.52. The van der Waals surface area contributed by atoms with Crippen LogP contribution in [0.4, 0.5) is 0 Å². The van der Waals surface area contributed by atoms with Gasteiger partial charge in [-0.3, -0.25) is 4.79 Å². The lowest BCUT2D eigenvalue weighted by atomic mass is 10.1. The smallest absolute Gasteiger partial charge is 0.230 e. The summed E-state index contributed by atoms with van der Waals surface area (Å²) in [5.41, 5.74) is 3.91. The maximum Gasteiger partial charge on any atom is 0.230 e. The van der Waals surface area contributed by atoms with E-state index in [4.69, 9.17) is 4.74 Å². The van der Waals surface area contributed by atoms with E-state index in [1.165, 1.54) is 17.3 Å². The van der Waals surface area contributed by atoms with Gasteiger partial charge in [0.25, 0.3) is 0 Å². The second-order valence-electron chi connectivity index (χ2n) is 6.01. The summed E-state index contributed by atoms with van der Waals surface area (Å²) in [5, 5.41) is 12.1. The average molecular weight is 379 g/mol. The van der Waals surface area contributed by atoms with Crippen molar-refractivity contribution in [1.82, 2.24) is 15.5 Å². The highest BCUT2D eigenvalue weighted by Crippen LogP contribution is 2.28. The zero-order valence-corrected chi connectivity index (χ0v) is 16.1. The predicted octanol–water partition coefficient (Wildman–Crippen LogP) is 3.87. The van der Waals surface area contributed by atoms with E-state index in [9.17, 15) is 4.79 Å². The fourth-order valence-electron chi connectivity index (χ4n) is 2.49. The molecule has 0 radical (unpaired) electrons. The van der Waals surface area contributed by atoms with E-state index in [-0.39, 0.29) is 5.91 Å². The first kappa shape index (κ1) is 18.9. The lowest BCUT2D eigenvalue weighted by molar-refractivity contribution is -0.118. The van der Waals surface area contributed by atoms with E-state index < -0.39 is 0 Å². The highest BCUT2D eigenvalue weighted by atomic mass is 32.2. The molecule has 0 aliphatic heterocycles. The summed E-state index contributed by atoms with van der Waals surface area (Å²) in [4.78, 5) is 12.0. The maximum absolute atomic E-state index is 12.0. The van der Waals surface area contributed by atoms with Crippen molar-refractivity contribution in [3.05, 3.63) is 71.8 Å². The zero-order valence-electron chi connectivity index (χ0n) is 15.3. The van der Waals surface area contributed by atoms with Gasteiger partial charge in [0.05, 0.1) is 18.6 Å². The molecule has 3 rings (SSSR count). The van der Waals surface area contributed by atoms with Gasteiger partial charge in [0.15, 0.2) is 0 Å². The zero-order chi connectivity index (χ0) is 19.1. The van der Waals surface area contributed by atoms with Crippen LogP contribution in [0.25, 0.3) is 11.3 Å². The highest BCUT2D eigenvalue weighted by molar-refractivity contribution is 7.99. The van der Waals surface area contributed by atoms with Crippen LogP contribution in [0.2, 0.25) is 0 Å². The number of benzene rings is 2. The third-order valence-corrected chi connectivity index (χ3v) is 4.90. The first-order valence-electron chi connectivity index (χ1n) is 8.58. The van der Waals surface area contributed by atoms with E-state index in [1.54, 1.807) is 7.11 Å². The standard InChI is InChI=1S/C21H21N3O2S/c1-15-7-9-16(10-8-15)13-22-20(25)14-27-21-12-11-18(23-24-21)17-5-3-4-6-19(17)26-2/h3-12H,13-14H2,1-2H3,(H,22,25). The first-order chi connectivity index (χ1) is 13.2. The van der Waals surface area contributed by atoms with Crippen molar-refractivity contribution >= 4 is 17.7 Å². The predicted molar refractivity (Wildman–Crippen MR) is 108 cm³/mol. The minimum atomic E-state index is -0.0313. The van der Waals surface area contributed by atoms with Gasteiger partial charge < -0.3 is 10.1 Å². The van der Waals surface area contributed by atoms with Crippen molar-refractivity contribution in [2.24, 2.45) is 0 Å². The average Bonchev–Trinajstić information content (AvgIpc) is 2.72. The first-order valence-corrected chi connectivity index (χ1v) is 9.56. The lowest BCUT2D eigenvalue weighted by Gasteiger charge is -2.08. The van der Waals surface area contributed by atoms with Crippen LogP contribution in [0.3, 0.4) is 0 Å². The van der Waals surface area contributed by atoms with Crippen LogP contribution in [0.5, 0.6) is 5.75 Å². The number of carbonyl (C=O) groups excluding carboxylic acids is 1. The Hall–Kier alpha value is -2.86. The van der Waals surface area contributed by atoms with Gasteiger partial charge in [-0.05, 0) is 36.8 Å². The van der Waals surface area contributed by atoms with E-state index >= 15 is 0 Å². The highest BCUT2D eigenvalue weighted by Gasteiger charge is 2.08. The summed E-state index contributed by atoms with van der Waals surface area (Å²) >= 11 is 1.36. The molecule has 0 spiro atoms. The molecular weight excluding hydrogens is 358 g/mol. The molecule has 0 saturated heterocycles. The van der Waals surface area contributed by atoms with Gasteiger partial charge in [0, 0.05) is 12.1 Å².